The predicted octanol–water partition coefficient (Wildman–Crippen LogP) is 0.765. The topological polar surface area (TPSA) is 78.0 Å². The first-order chi connectivity index (χ1) is 12.3. The Morgan fingerprint density at radius 2 is 1.35 bits per heavy atom. The van der Waals surface area contributed by atoms with Crippen molar-refractivity contribution in [3.05, 3.63) is 0 Å². The largest absolute Gasteiger partial charge is 0.343 e. The first kappa shape index (κ1) is 19.6. The van der Waals surface area contributed by atoms with Gasteiger partial charge in [0.25, 0.3) is 0 Å². The van der Waals surface area contributed by atoms with E-state index in [1.807, 2.05) is 9.80 Å². The summed E-state index contributed by atoms with van der Waals surface area (Å²) >= 11 is 0. The van der Waals surface area contributed by atoms with E-state index in [1.165, 1.54) is 6.26 Å². The Bertz CT molecular complexity index is 635. The van der Waals surface area contributed by atoms with Crippen molar-refractivity contribution in [1.29, 1.82) is 0 Å². The average Bonchev–Trinajstić information content (AvgIpc) is 3.10. The van der Waals surface area contributed by atoms with Gasteiger partial charge in [0.15, 0.2) is 0 Å². The van der Waals surface area contributed by atoms with Crippen LogP contribution in [-0.4, -0.2) is 79.9 Å². The lowest BCUT2D eigenvalue weighted by molar-refractivity contribution is -0.139. The van der Waals surface area contributed by atoms with Crippen molar-refractivity contribution in [1.82, 2.24) is 14.1 Å². The number of carbonyl (C=O) groups excluding carboxylic acids is 2. The smallest absolute Gasteiger partial charge is 0.225 e. The molecule has 3 aliphatic heterocycles. The van der Waals surface area contributed by atoms with Gasteiger partial charge in [-0.15, -0.1) is 0 Å². The summed E-state index contributed by atoms with van der Waals surface area (Å²) < 4.78 is 24.9. The lowest BCUT2D eigenvalue weighted by Crippen LogP contribution is -2.43. The molecule has 3 rings (SSSR count). The molecule has 1 atom stereocenters. The molecule has 0 spiro atoms. The number of hydrogen-bond acceptors (Lipinski definition) is 4. The fraction of sp³-hybridized carbons (Fsp3) is 0.889. The lowest BCUT2D eigenvalue weighted by atomic mass is 9.84. The van der Waals surface area contributed by atoms with Crippen LogP contribution in [0.15, 0.2) is 0 Å². The molecule has 148 valence electrons. The van der Waals surface area contributed by atoms with Gasteiger partial charge in [-0.05, 0) is 43.9 Å². The van der Waals surface area contributed by atoms with Gasteiger partial charge >= 0.3 is 0 Å². The molecule has 0 radical (unpaired) electrons. The third kappa shape index (κ3) is 4.39. The SMILES string of the molecule is CC(=O)N1CCC(C(=O)N2CCC(C3CCN(S(C)(=O)=O)CC3)C2)CC1. The number of amides is 2. The van der Waals surface area contributed by atoms with E-state index in [2.05, 4.69) is 0 Å². The molecule has 3 heterocycles. The summed E-state index contributed by atoms with van der Waals surface area (Å²) in [5, 5.41) is 0. The Hall–Kier alpha value is -1.15. The normalized spacial score (nSPS) is 27.1. The molecule has 0 aromatic rings. The highest BCUT2D eigenvalue weighted by atomic mass is 32.2. The van der Waals surface area contributed by atoms with Crippen LogP contribution in [0.25, 0.3) is 0 Å². The standard InChI is InChI=1S/C18H31N3O4S/c1-14(22)19-8-3-16(4-9-19)18(23)20-10-5-17(13-20)15-6-11-21(12-7-15)26(2,24)25/h15-17H,3-13H2,1-2H3. The van der Waals surface area contributed by atoms with Crippen molar-refractivity contribution in [3.8, 4) is 0 Å². The highest BCUT2D eigenvalue weighted by Gasteiger charge is 2.37. The van der Waals surface area contributed by atoms with Crippen LogP contribution in [0.4, 0.5) is 0 Å². The molecule has 0 saturated carbocycles. The summed E-state index contributed by atoms with van der Waals surface area (Å²) in [7, 11) is -3.08. The number of likely N-dealkylation sites (tertiary alicyclic amines) is 2. The maximum absolute atomic E-state index is 12.8. The van der Waals surface area contributed by atoms with Crippen LogP contribution < -0.4 is 0 Å². The van der Waals surface area contributed by atoms with Crippen molar-refractivity contribution in [3.63, 3.8) is 0 Å². The van der Waals surface area contributed by atoms with Gasteiger partial charge in [0.05, 0.1) is 6.26 Å². The Kier molecular flexibility index (Phi) is 5.91. The minimum Gasteiger partial charge on any atom is -0.343 e. The molecule has 3 aliphatic rings. The molecule has 0 aromatic carbocycles. The molecule has 2 amide bonds. The minimum absolute atomic E-state index is 0.0523. The summed E-state index contributed by atoms with van der Waals surface area (Å²) in [4.78, 5) is 28.1. The van der Waals surface area contributed by atoms with Crippen molar-refractivity contribution in [2.75, 3.05) is 45.5 Å². The second-order valence-electron chi connectivity index (χ2n) is 8.11. The number of nitrogens with zero attached hydrogens (tertiary/aromatic N) is 3. The van der Waals surface area contributed by atoms with E-state index in [4.69, 9.17) is 0 Å². The molecule has 0 N–H and O–H groups in total. The van der Waals surface area contributed by atoms with Gasteiger partial charge < -0.3 is 9.80 Å². The quantitative estimate of drug-likeness (QED) is 0.719. The van der Waals surface area contributed by atoms with Crippen LogP contribution in [0.2, 0.25) is 0 Å². The summed E-state index contributed by atoms with van der Waals surface area (Å²) in [6.45, 7) is 5.81. The monoisotopic (exact) mass is 385 g/mol. The first-order valence-electron chi connectivity index (χ1n) is 9.75. The third-order valence-corrected chi connectivity index (χ3v) is 7.76. The summed E-state index contributed by atoms with van der Waals surface area (Å²) in [5.41, 5.74) is 0. The van der Waals surface area contributed by atoms with Crippen molar-refractivity contribution in [2.45, 2.75) is 39.0 Å². The van der Waals surface area contributed by atoms with E-state index >= 15 is 0 Å². The van der Waals surface area contributed by atoms with Crippen LogP contribution in [0.1, 0.15) is 39.0 Å². The van der Waals surface area contributed by atoms with Crippen molar-refractivity contribution < 1.29 is 18.0 Å². The van der Waals surface area contributed by atoms with Gasteiger partial charge in [-0.2, -0.15) is 0 Å². The van der Waals surface area contributed by atoms with E-state index in [-0.39, 0.29) is 17.7 Å². The maximum Gasteiger partial charge on any atom is 0.225 e. The highest BCUT2D eigenvalue weighted by Crippen LogP contribution is 2.33. The lowest BCUT2D eigenvalue weighted by Gasteiger charge is -2.34. The Balaban J connectivity index is 1.47. The van der Waals surface area contributed by atoms with Crippen LogP contribution in [0.5, 0.6) is 0 Å². The number of sulfonamides is 1. The first-order valence-corrected chi connectivity index (χ1v) is 11.6. The van der Waals surface area contributed by atoms with Gasteiger partial charge in [-0.25, -0.2) is 12.7 Å². The number of carbonyl (C=O) groups is 2. The molecular weight excluding hydrogens is 354 g/mol. The number of rotatable bonds is 3. The van der Waals surface area contributed by atoms with Gasteiger partial charge in [-0.1, -0.05) is 0 Å². The zero-order valence-electron chi connectivity index (χ0n) is 15.9. The van der Waals surface area contributed by atoms with E-state index in [0.29, 0.717) is 38.0 Å². The van der Waals surface area contributed by atoms with Crippen LogP contribution in [0, 0.1) is 17.8 Å². The predicted molar refractivity (Wildman–Crippen MR) is 98.8 cm³/mol. The van der Waals surface area contributed by atoms with Crippen LogP contribution in [0.3, 0.4) is 0 Å². The van der Waals surface area contributed by atoms with Crippen LogP contribution >= 0.6 is 0 Å². The van der Waals surface area contributed by atoms with Gasteiger partial charge in [0, 0.05) is 52.1 Å². The number of hydrogen-bond donors (Lipinski definition) is 0. The van der Waals surface area contributed by atoms with E-state index in [0.717, 1.165) is 45.2 Å². The summed E-state index contributed by atoms with van der Waals surface area (Å²) in [6.07, 6.45) is 5.65. The zero-order chi connectivity index (χ0) is 18.9. The molecule has 3 saturated heterocycles. The number of piperidine rings is 2. The molecule has 0 bridgehead atoms. The molecule has 7 nitrogen and oxygen atoms in total. The summed E-state index contributed by atoms with van der Waals surface area (Å²) in [5.74, 6) is 1.42. The average molecular weight is 386 g/mol. The second-order valence-corrected chi connectivity index (χ2v) is 10.1. The molecule has 26 heavy (non-hydrogen) atoms. The van der Waals surface area contributed by atoms with E-state index in [9.17, 15) is 18.0 Å². The molecule has 0 aliphatic carbocycles. The maximum atomic E-state index is 12.8. The Labute approximate surface area is 156 Å². The third-order valence-electron chi connectivity index (χ3n) is 6.46. The van der Waals surface area contributed by atoms with Crippen LogP contribution in [-0.2, 0) is 19.6 Å². The molecule has 3 fully saturated rings. The molecular formula is C18H31N3O4S. The van der Waals surface area contributed by atoms with E-state index < -0.39 is 10.0 Å². The molecule has 0 aromatic heterocycles. The Morgan fingerprint density at radius 1 is 0.808 bits per heavy atom. The zero-order valence-corrected chi connectivity index (χ0v) is 16.7. The second kappa shape index (κ2) is 7.84. The minimum atomic E-state index is -3.08. The fourth-order valence-electron chi connectivity index (χ4n) is 4.75. The molecule has 8 heteroatoms. The van der Waals surface area contributed by atoms with Crippen molar-refractivity contribution in [2.24, 2.45) is 17.8 Å². The Morgan fingerprint density at radius 3 is 1.88 bits per heavy atom. The summed E-state index contributed by atoms with van der Waals surface area (Å²) in [6, 6.07) is 0. The molecule has 1 unspecified atom stereocenters. The van der Waals surface area contributed by atoms with Crippen molar-refractivity contribution >= 4 is 21.8 Å². The van der Waals surface area contributed by atoms with Gasteiger partial charge in [0.2, 0.25) is 21.8 Å². The van der Waals surface area contributed by atoms with Gasteiger partial charge in [0.1, 0.15) is 0 Å². The highest BCUT2D eigenvalue weighted by molar-refractivity contribution is 7.88. The van der Waals surface area contributed by atoms with Gasteiger partial charge in [-0.3, -0.25) is 9.59 Å². The van der Waals surface area contributed by atoms with E-state index in [1.54, 1.807) is 11.2 Å². The fourth-order valence-corrected chi connectivity index (χ4v) is 5.62.